The molecule has 0 spiro atoms. The maximum absolute atomic E-state index is 12.1. The van der Waals surface area contributed by atoms with E-state index in [1.807, 2.05) is 37.2 Å². The van der Waals surface area contributed by atoms with Gasteiger partial charge in [-0.2, -0.15) is 0 Å². The molecule has 0 heterocycles. The summed E-state index contributed by atoms with van der Waals surface area (Å²) in [4.78, 5) is 14.1. The molecular formula is C18H23N2O. The average Bonchev–Trinajstić information content (AvgIpc) is 2.47. The van der Waals surface area contributed by atoms with Gasteiger partial charge in [-0.1, -0.05) is 42.5 Å². The van der Waals surface area contributed by atoms with E-state index in [4.69, 9.17) is 0 Å². The zero-order valence-electron chi connectivity index (χ0n) is 12.8. The van der Waals surface area contributed by atoms with Crippen LogP contribution in [0.25, 0.3) is 10.8 Å². The number of nitrogens with zero attached hydrogens (tertiary/aromatic N) is 1. The minimum absolute atomic E-state index is 0.0183. The summed E-state index contributed by atoms with van der Waals surface area (Å²) < 4.78 is 0. The van der Waals surface area contributed by atoms with E-state index in [0.29, 0.717) is 13.0 Å². The van der Waals surface area contributed by atoms with Crippen molar-refractivity contribution in [1.29, 1.82) is 0 Å². The van der Waals surface area contributed by atoms with Gasteiger partial charge in [0.15, 0.2) is 0 Å². The summed E-state index contributed by atoms with van der Waals surface area (Å²) in [6, 6.07) is 14.5. The van der Waals surface area contributed by atoms with Crippen molar-refractivity contribution in [1.82, 2.24) is 10.2 Å². The van der Waals surface area contributed by atoms with Crippen molar-refractivity contribution in [3.05, 3.63) is 55.0 Å². The third-order valence-electron chi connectivity index (χ3n) is 3.58. The molecule has 0 bridgehead atoms. The Morgan fingerprint density at radius 1 is 1.19 bits per heavy atom. The van der Waals surface area contributed by atoms with E-state index < -0.39 is 0 Å². The first-order valence-corrected chi connectivity index (χ1v) is 7.30. The molecule has 0 aliphatic heterocycles. The van der Waals surface area contributed by atoms with Crippen LogP contribution in [0, 0.1) is 12.8 Å². The number of amides is 1. The zero-order valence-corrected chi connectivity index (χ0v) is 12.8. The van der Waals surface area contributed by atoms with Gasteiger partial charge in [-0.25, -0.2) is 0 Å². The molecule has 0 saturated heterocycles. The summed E-state index contributed by atoms with van der Waals surface area (Å²) >= 11 is 0. The maximum Gasteiger partial charge on any atom is 0.223 e. The number of likely N-dealkylation sites (N-methyl/N-ethyl adjacent to an activating group) is 1. The second kappa shape index (κ2) is 7.23. The van der Waals surface area contributed by atoms with Crippen LogP contribution < -0.4 is 5.32 Å². The summed E-state index contributed by atoms with van der Waals surface area (Å²) in [6.07, 6.45) is 0.662. The van der Waals surface area contributed by atoms with Crippen LogP contribution in [0.2, 0.25) is 0 Å². The average molecular weight is 283 g/mol. The first kappa shape index (κ1) is 15.5. The van der Waals surface area contributed by atoms with Crippen LogP contribution in [-0.2, 0) is 11.2 Å². The molecule has 3 nitrogen and oxygen atoms in total. The lowest BCUT2D eigenvalue weighted by Crippen LogP contribution is -2.35. The predicted molar refractivity (Wildman–Crippen MR) is 88.1 cm³/mol. The Hall–Kier alpha value is -1.87. The number of nitrogens with one attached hydrogen (secondary N) is 1. The van der Waals surface area contributed by atoms with Crippen molar-refractivity contribution in [2.45, 2.75) is 6.42 Å². The summed E-state index contributed by atoms with van der Waals surface area (Å²) in [6.45, 7) is 5.51. The van der Waals surface area contributed by atoms with Crippen LogP contribution in [0.5, 0.6) is 0 Å². The van der Waals surface area contributed by atoms with Crippen LogP contribution in [0.4, 0.5) is 0 Å². The van der Waals surface area contributed by atoms with Gasteiger partial charge in [-0.3, -0.25) is 4.79 Å². The summed E-state index contributed by atoms with van der Waals surface area (Å²) in [5, 5.41) is 5.35. The number of rotatable bonds is 6. The molecule has 2 rings (SSSR count). The lowest BCUT2D eigenvalue weighted by Gasteiger charge is -2.15. The Balaban J connectivity index is 2.01. The van der Waals surface area contributed by atoms with Crippen molar-refractivity contribution in [2.24, 2.45) is 5.92 Å². The van der Waals surface area contributed by atoms with Crippen molar-refractivity contribution < 1.29 is 4.79 Å². The third-order valence-corrected chi connectivity index (χ3v) is 3.58. The molecular weight excluding hydrogens is 260 g/mol. The predicted octanol–water partition coefficient (Wildman–Crippen LogP) is 2.51. The van der Waals surface area contributed by atoms with E-state index in [-0.39, 0.29) is 11.8 Å². The third kappa shape index (κ3) is 4.30. The summed E-state index contributed by atoms with van der Waals surface area (Å²) in [5.41, 5.74) is 1.18. The van der Waals surface area contributed by atoms with Gasteiger partial charge in [0.1, 0.15) is 0 Å². The number of hydrogen-bond donors (Lipinski definition) is 1. The Labute approximate surface area is 127 Å². The molecule has 0 fully saturated rings. The largest absolute Gasteiger partial charge is 0.355 e. The molecule has 1 amide bonds. The summed E-state index contributed by atoms with van der Waals surface area (Å²) in [5.74, 6) is -0.247. The Bertz CT molecular complexity index is 602. The van der Waals surface area contributed by atoms with Crippen LogP contribution >= 0.6 is 0 Å². The molecule has 2 aromatic rings. The molecule has 21 heavy (non-hydrogen) atoms. The van der Waals surface area contributed by atoms with Crippen molar-refractivity contribution in [3.8, 4) is 0 Å². The molecule has 0 aliphatic rings. The van der Waals surface area contributed by atoms with E-state index >= 15 is 0 Å². The lowest BCUT2D eigenvalue weighted by molar-refractivity contribution is -0.123. The topological polar surface area (TPSA) is 32.3 Å². The minimum Gasteiger partial charge on any atom is -0.355 e. The van der Waals surface area contributed by atoms with Gasteiger partial charge in [0, 0.05) is 19.0 Å². The summed E-state index contributed by atoms with van der Waals surface area (Å²) in [7, 11) is 3.98. The number of carbonyl (C=O) groups excluding carboxylic acids is 1. The fourth-order valence-corrected chi connectivity index (χ4v) is 2.38. The molecule has 0 aliphatic carbocycles. The molecule has 0 aromatic heterocycles. The van der Waals surface area contributed by atoms with Gasteiger partial charge >= 0.3 is 0 Å². The standard InChI is InChI=1S/C18H23N2O/c1-14(18(21)19-11-12-20(2)3)13-16-9-6-8-15-7-4-5-10-17(15)16/h4-10,14H,1,11-13H2,2-3H3,(H,19,21). The molecule has 0 saturated carbocycles. The van der Waals surface area contributed by atoms with E-state index in [2.05, 4.69) is 36.5 Å². The number of carbonyl (C=O) groups is 1. The van der Waals surface area contributed by atoms with Gasteiger partial charge in [0.2, 0.25) is 5.91 Å². The SMILES string of the molecule is [CH2]C(Cc1cccc2ccccc12)C(=O)NCCN(C)C. The fourth-order valence-electron chi connectivity index (χ4n) is 2.38. The van der Waals surface area contributed by atoms with Crippen molar-refractivity contribution in [2.75, 3.05) is 27.2 Å². The van der Waals surface area contributed by atoms with Crippen molar-refractivity contribution in [3.63, 3.8) is 0 Å². The first-order chi connectivity index (χ1) is 10.1. The van der Waals surface area contributed by atoms with E-state index in [1.165, 1.54) is 16.3 Å². The van der Waals surface area contributed by atoms with Crippen molar-refractivity contribution >= 4 is 16.7 Å². The van der Waals surface area contributed by atoms with Gasteiger partial charge in [0.25, 0.3) is 0 Å². The Morgan fingerprint density at radius 2 is 1.90 bits per heavy atom. The number of benzene rings is 2. The highest BCUT2D eigenvalue weighted by Gasteiger charge is 2.14. The Kier molecular flexibility index (Phi) is 5.34. The molecule has 1 atom stereocenters. The monoisotopic (exact) mass is 283 g/mol. The molecule has 111 valence electrons. The molecule has 1 radical (unpaired) electrons. The highest BCUT2D eigenvalue weighted by molar-refractivity contribution is 5.87. The van der Waals surface area contributed by atoms with Crippen LogP contribution in [-0.4, -0.2) is 38.0 Å². The van der Waals surface area contributed by atoms with Crippen LogP contribution in [0.15, 0.2) is 42.5 Å². The highest BCUT2D eigenvalue weighted by Crippen LogP contribution is 2.21. The smallest absolute Gasteiger partial charge is 0.223 e. The lowest BCUT2D eigenvalue weighted by atomic mass is 9.95. The van der Waals surface area contributed by atoms with Gasteiger partial charge in [-0.05, 0) is 43.8 Å². The van der Waals surface area contributed by atoms with E-state index in [1.54, 1.807) is 0 Å². The van der Waals surface area contributed by atoms with Gasteiger partial charge in [0.05, 0.1) is 0 Å². The first-order valence-electron chi connectivity index (χ1n) is 7.30. The molecule has 3 heteroatoms. The van der Waals surface area contributed by atoms with Gasteiger partial charge < -0.3 is 10.2 Å². The van der Waals surface area contributed by atoms with E-state index in [9.17, 15) is 4.79 Å². The second-order valence-corrected chi connectivity index (χ2v) is 5.63. The Morgan fingerprint density at radius 3 is 2.67 bits per heavy atom. The molecule has 1 unspecified atom stereocenters. The highest BCUT2D eigenvalue weighted by atomic mass is 16.1. The molecule has 1 N–H and O–H groups in total. The van der Waals surface area contributed by atoms with Crippen LogP contribution in [0.3, 0.4) is 0 Å². The van der Waals surface area contributed by atoms with Crippen LogP contribution in [0.1, 0.15) is 5.56 Å². The minimum atomic E-state index is -0.266. The normalized spacial score (nSPS) is 12.6. The van der Waals surface area contributed by atoms with E-state index in [0.717, 1.165) is 6.54 Å². The van der Waals surface area contributed by atoms with Gasteiger partial charge in [-0.15, -0.1) is 0 Å². The molecule has 2 aromatic carbocycles. The maximum atomic E-state index is 12.1. The quantitative estimate of drug-likeness (QED) is 0.883. The fraction of sp³-hybridized carbons (Fsp3) is 0.333. The second-order valence-electron chi connectivity index (χ2n) is 5.63. The number of fused-ring (bicyclic) bond motifs is 1. The number of hydrogen-bond acceptors (Lipinski definition) is 2. The zero-order chi connectivity index (χ0) is 15.2.